The molecule has 1 aromatic carbocycles. The summed E-state index contributed by atoms with van der Waals surface area (Å²) in [6.45, 7) is 1.38. The molecule has 19 heavy (non-hydrogen) atoms. The summed E-state index contributed by atoms with van der Waals surface area (Å²) in [5, 5.41) is 10.6. The molecule has 1 saturated heterocycles. The molecule has 0 radical (unpaired) electrons. The minimum atomic E-state index is -0.379. The van der Waals surface area contributed by atoms with E-state index >= 15 is 0 Å². The van der Waals surface area contributed by atoms with Crippen LogP contribution in [0.1, 0.15) is 19.3 Å². The predicted molar refractivity (Wildman–Crippen MR) is 73.4 cm³/mol. The lowest BCUT2D eigenvalue weighted by atomic mass is 10.2. The summed E-state index contributed by atoms with van der Waals surface area (Å²) in [6, 6.07) is 6.65. The zero-order chi connectivity index (χ0) is 13.5. The van der Waals surface area contributed by atoms with Gasteiger partial charge in [-0.15, -0.1) is 11.8 Å². The first-order valence-corrected chi connectivity index (χ1v) is 7.35. The van der Waals surface area contributed by atoms with Gasteiger partial charge in [0, 0.05) is 29.4 Å². The number of ether oxygens (including phenoxy) is 2. The third-order valence-corrected chi connectivity index (χ3v) is 3.78. The number of benzene rings is 1. The van der Waals surface area contributed by atoms with Crippen LogP contribution in [0.15, 0.2) is 29.2 Å². The van der Waals surface area contributed by atoms with Gasteiger partial charge >= 0.3 is 0 Å². The van der Waals surface area contributed by atoms with Crippen LogP contribution in [0.4, 0.5) is 5.69 Å². The molecule has 1 aliphatic heterocycles. The minimum absolute atomic E-state index is 0.0699. The van der Waals surface area contributed by atoms with Crippen molar-refractivity contribution in [3.63, 3.8) is 0 Å². The van der Waals surface area contributed by atoms with E-state index in [4.69, 9.17) is 9.47 Å². The van der Waals surface area contributed by atoms with E-state index in [1.54, 1.807) is 23.9 Å². The Morgan fingerprint density at radius 3 is 3.11 bits per heavy atom. The molecule has 0 bridgehead atoms. The number of nitro groups is 1. The Morgan fingerprint density at radius 1 is 1.47 bits per heavy atom. The van der Waals surface area contributed by atoms with Crippen LogP contribution in [0.5, 0.6) is 0 Å². The Morgan fingerprint density at radius 2 is 2.37 bits per heavy atom. The highest BCUT2D eigenvalue weighted by Crippen LogP contribution is 2.23. The third-order valence-electron chi connectivity index (χ3n) is 2.82. The highest BCUT2D eigenvalue weighted by molar-refractivity contribution is 7.99. The van der Waals surface area contributed by atoms with Crippen LogP contribution < -0.4 is 0 Å². The maximum atomic E-state index is 10.6. The summed E-state index contributed by atoms with van der Waals surface area (Å²) in [6.07, 6.45) is 3.16. The Bertz CT molecular complexity index is 421. The van der Waals surface area contributed by atoms with Crippen molar-refractivity contribution in [3.05, 3.63) is 34.4 Å². The second-order valence-electron chi connectivity index (χ2n) is 4.27. The zero-order valence-electron chi connectivity index (χ0n) is 10.6. The van der Waals surface area contributed by atoms with Gasteiger partial charge < -0.3 is 9.47 Å². The summed E-state index contributed by atoms with van der Waals surface area (Å²) in [7, 11) is 0. The molecule has 0 saturated carbocycles. The van der Waals surface area contributed by atoms with Crippen molar-refractivity contribution >= 4 is 17.4 Å². The molecular weight excluding hydrogens is 266 g/mol. The first-order valence-electron chi connectivity index (χ1n) is 6.36. The highest BCUT2D eigenvalue weighted by Gasteiger charge is 2.13. The third kappa shape index (κ3) is 4.81. The van der Waals surface area contributed by atoms with Crippen LogP contribution in [-0.2, 0) is 9.47 Å². The molecule has 5 nitrogen and oxygen atoms in total. The zero-order valence-corrected chi connectivity index (χ0v) is 11.4. The number of hydrogen-bond donors (Lipinski definition) is 0. The van der Waals surface area contributed by atoms with E-state index in [2.05, 4.69) is 0 Å². The van der Waals surface area contributed by atoms with E-state index in [9.17, 15) is 10.1 Å². The van der Waals surface area contributed by atoms with Crippen molar-refractivity contribution < 1.29 is 14.4 Å². The number of nitrogens with zero attached hydrogens (tertiary/aromatic N) is 1. The number of thioether (sulfide) groups is 1. The van der Waals surface area contributed by atoms with Gasteiger partial charge in [0.2, 0.25) is 0 Å². The molecule has 0 amide bonds. The predicted octanol–water partition coefficient (Wildman–Crippen LogP) is 3.23. The topological polar surface area (TPSA) is 61.6 Å². The standard InChI is InChI=1S/C13H17NO4S/c15-14(16)11-4-3-5-12(10-11)19-9-8-18-13-6-1-2-7-17-13/h3-5,10,13H,1-2,6-9H2. The lowest BCUT2D eigenvalue weighted by Crippen LogP contribution is -2.23. The SMILES string of the molecule is O=[N+]([O-])c1cccc(SCCOC2CCCCO2)c1. The van der Waals surface area contributed by atoms with Crippen molar-refractivity contribution in [2.45, 2.75) is 30.4 Å². The summed E-state index contributed by atoms with van der Waals surface area (Å²) in [4.78, 5) is 11.2. The Hall–Kier alpha value is -1.11. The maximum Gasteiger partial charge on any atom is 0.270 e. The Balaban J connectivity index is 1.70. The molecule has 104 valence electrons. The van der Waals surface area contributed by atoms with Crippen LogP contribution in [0, 0.1) is 10.1 Å². The monoisotopic (exact) mass is 283 g/mol. The van der Waals surface area contributed by atoms with Crippen LogP contribution in [-0.4, -0.2) is 30.2 Å². The van der Waals surface area contributed by atoms with Gasteiger partial charge in [0.25, 0.3) is 5.69 Å². The van der Waals surface area contributed by atoms with E-state index in [0.717, 1.165) is 36.5 Å². The fourth-order valence-corrected chi connectivity index (χ4v) is 2.66. The highest BCUT2D eigenvalue weighted by atomic mass is 32.2. The van der Waals surface area contributed by atoms with E-state index in [1.807, 2.05) is 6.07 Å². The van der Waals surface area contributed by atoms with Gasteiger partial charge in [-0.05, 0) is 25.3 Å². The summed E-state index contributed by atoms with van der Waals surface area (Å²) >= 11 is 1.56. The van der Waals surface area contributed by atoms with Crippen molar-refractivity contribution in [1.82, 2.24) is 0 Å². The molecule has 1 heterocycles. The molecule has 2 rings (SSSR count). The number of hydrogen-bond acceptors (Lipinski definition) is 5. The van der Waals surface area contributed by atoms with Crippen molar-refractivity contribution in [2.24, 2.45) is 0 Å². The van der Waals surface area contributed by atoms with Gasteiger partial charge in [0.05, 0.1) is 11.5 Å². The molecule has 6 heteroatoms. The quantitative estimate of drug-likeness (QED) is 0.347. The van der Waals surface area contributed by atoms with E-state index in [0.29, 0.717) is 6.61 Å². The maximum absolute atomic E-state index is 10.6. The number of nitro benzene ring substituents is 1. The van der Waals surface area contributed by atoms with E-state index in [1.165, 1.54) is 6.07 Å². The first-order chi connectivity index (χ1) is 9.25. The molecule has 1 unspecified atom stereocenters. The molecule has 1 fully saturated rings. The fourth-order valence-electron chi connectivity index (χ4n) is 1.87. The summed E-state index contributed by atoms with van der Waals surface area (Å²) in [5.74, 6) is 0.765. The normalized spacial score (nSPS) is 19.3. The van der Waals surface area contributed by atoms with Crippen molar-refractivity contribution in [2.75, 3.05) is 19.0 Å². The average Bonchev–Trinajstić information content (AvgIpc) is 2.45. The molecule has 0 aromatic heterocycles. The van der Waals surface area contributed by atoms with Gasteiger partial charge in [0.1, 0.15) is 0 Å². The lowest BCUT2D eigenvalue weighted by Gasteiger charge is -2.22. The molecule has 1 aromatic rings. The van der Waals surface area contributed by atoms with Crippen LogP contribution in [0.25, 0.3) is 0 Å². The molecule has 0 N–H and O–H groups in total. The molecule has 1 atom stereocenters. The smallest absolute Gasteiger partial charge is 0.270 e. The largest absolute Gasteiger partial charge is 0.353 e. The van der Waals surface area contributed by atoms with E-state index < -0.39 is 0 Å². The Kier molecular flexibility index (Phi) is 5.62. The Labute approximate surface area is 116 Å². The molecule has 1 aliphatic rings. The number of rotatable bonds is 6. The lowest BCUT2D eigenvalue weighted by molar-refractivity contribution is -0.385. The summed E-state index contributed by atoms with van der Waals surface area (Å²) < 4.78 is 11.1. The molecule has 0 spiro atoms. The summed E-state index contributed by atoms with van der Waals surface area (Å²) in [5.41, 5.74) is 0.126. The van der Waals surface area contributed by atoms with Gasteiger partial charge in [-0.1, -0.05) is 6.07 Å². The minimum Gasteiger partial charge on any atom is -0.353 e. The van der Waals surface area contributed by atoms with Crippen LogP contribution in [0.2, 0.25) is 0 Å². The van der Waals surface area contributed by atoms with Crippen molar-refractivity contribution in [1.29, 1.82) is 0 Å². The van der Waals surface area contributed by atoms with Gasteiger partial charge in [0.15, 0.2) is 6.29 Å². The van der Waals surface area contributed by atoms with Gasteiger partial charge in [-0.25, -0.2) is 0 Å². The van der Waals surface area contributed by atoms with E-state index in [-0.39, 0.29) is 16.9 Å². The molecule has 0 aliphatic carbocycles. The van der Waals surface area contributed by atoms with Gasteiger partial charge in [-0.3, -0.25) is 10.1 Å². The second kappa shape index (κ2) is 7.47. The number of non-ortho nitro benzene ring substituents is 1. The second-order valence-corrected chi connectivity index (χ2v) is 5.44. The fraction of sp³-hybridized carbons (Fsp3) is 0.538. The van der Waals surface area contributed by atoms with Crippen LogP contribution in [0.3, 0.4) is 0 Å². The van der Waals surface area contributed by atoms with Gasteiger partial charge in [-0.2, -0.15) is 0 Å². The first kappa shape index (κ1) is 14.3. The van der Waals surface area contributed by atoms with Crippen LogP contribution >= 0.6 is 11.8 Å². The molecular formula is C13H17NO4S. The van der Waals surface area contributed by atoms with Crippen molar-refractivity contribution in [3.8, 4) is 0 Å². The average molecular weight is 283 g/mol.